The van der Waals surface area contributed by atoms with Gasteiger partial charge in [0, 0.05) is 11.8 Å². The third-order valence-electron chi connectivity index (χ3n) is 4.16. The van der Waals surface area contributed by atoms with Crippen molar-refractivity contribution in [3.05, 3.63) is 34.9 Å². The van der Waals surface area contributed by atoms with E-state index in [-0.39, 0.29) is 11.9 Å². The molecule has 1 aliphatic rings. The van der Waals surface area contributed by atoms with Gasteiger partial charge in [0.1, 0.15) is 6.04 Å². The molecule has 108 valence electrons. The summed E-state index contributed by atoms with van der Waals surface area (Å²) >= 11 is 0. The maximum Gasteiger partial charge on any atom is 0.329 e. The van der Waals surface area contributed by atoms with E-state index >= 15 is 0 Å². The van der Waals surface area contributed by atoms with Crippen LogP contribution in [0.25, 0.3) is 0 Å². The molecular formula is C16H21NO3. The van der Waals surface area contributed by atoms with E-state index in [1.165, 1.54) is 5.56 Å². The van der Waals surface area contributed by atoms with E-state index in [0.29, 0.717) is 13.0 Å². The number of amides is 1. The van der Waals surface area contributed by atoms with Gasteiger partial charge in [0.15, 0.2) is 0 Å². The molecule has 1 N–H and O–H groups in total. The number of nitrogens with one attached hydrogen (secondary N) is 1. The van der Waals surface area contributed by atoms with E-state index in [0.717, 1.165) is 11.1 Å². The summed E-state index contributed by atoms with van der Waals surface area (Å²) in [5, 5.41) is 2.75. The van der Waals surface area contributed by atoms with Crippen LogP contribution in [0.2, 0.25) is 0 Å². The Morgan fingerprint density at radius 1 is 1.40 bits per heavy atom. The highest BCUT2D eigenvalue weighted by Gasteiger charge is 2.49. The van der Waals surface area contributed by atoms with E-state index in [2.05, 4.69) is 11.4 Å². The SMILES string of the molecule is CCOC(=O)C1NC(=O)CC1(C)c1ccc(C)c(C)c1. The van der Waals surface area contributed by atoms with Crippen LogP contribution in [0.1, 0.15) is 37.0 Å². The quantitative estimate of drug-likeness (QED) is 0.859. The number of carbonyl (C=O) groups excluding carboxylic acids is 2. The molecule has 1 aromatic carbocycles. The van der Waals surface area contributed by atoms with E-state index in [1.807, 2.05) is 32.9 Å². The molecule has 0 saturated carbocycles. The Morgan fingerprint density at radius 3 is 2.70 bits per heavy atom. The van der Waals surface area contributed by atoms with Crippen molar-refractivity contribution in [3.8, 4) is 0 Å². The fourth-order valence-corrected chi connectivity index (χ4v) is 2.72. The van der Waals surface area contributed by atoms with Crippen LogP contribution < -0.4 is 5.32 Å². The van der Waals surface area contributed by atoms with Crippen LogP contribution in [-0.4, -0.2) is 24.5 Å². The number of esters is 1. The van der Waals surface area contributed by atoms with Gasteiger partial charge >= 0.3 is 5.97 Å². The summed E-state index contributed by atoms with van der Waals surface area (Å²) in [5.41, 5.74) is 2.80. The Hall–Kier alpha value is -1.84. The molecule has 0 bridgehead atoms. The highest BCUT2D eigenvalue weighted by molar-refractivity contribution is 5.91. The third-order valence-corrected chi connectivity index (χ3v) is 4.16. The highest BCUT2D eigenvalue weighted by atomic mass is 16.5. The Morgan fingerprint density at radius 2 is 2.10 bits per heavy atom. The molecule has 0 aromatic heterocycles. The van der Waals surface area contributed by atoms with Crippen molar-refractivity contribution in [2.45, 2.75) is 45.6 Å². The van der Waals surface area contributed by atoms with Gasteiger partial charge in [-0.25, -0.2) is 4.79 Å². The number of rotatable bonds is 3. The van der Waals surface area contributed by atoms with E-state index in [4.69, 9.17) is 4.74 Å². The Bertz CT molecular complexity index is 553. The van der Waals surface area contributed by atoms with Gasteiger partial charge in [0.25, 0.3) is 0 Å². The van der Waals surface area contributed by atoms with Gasteiger partial charge in [0.05, 0.1) is 6.61 Å². The van der Waals surface area contributed by atoms with Crippen LogP contribution in [0.4, 0.5) is 0 Å². The van der Waals surface area contributed by atoms with Crippen LogP contribution in [-0.2, 0) is 19.7 Å². The lowest BCUT2D eigenvalue weighted by Crippen LogP contribution is -2.45. The van der Waals surface area contributed by atoms with Crippen molar-refractivity contribution in [2.24, 2.45) is 0 Å². The number of benzene rings is 1. The lowest BCUT2D eigenvalue weighted by Gasteiger charge is -2.29. The largest absolute Gasteiger partial charge is 0.464 e. The molecule has 1 aromatic rings. The molecular weight excluding hydrogens is 254 g/mol. The predicted octanol–water partition coefficient (Wildman–Crippen LogP) is 2.01. The molecule has 0 spiro atoms. The average molecular weight is 275 g/mol. The van der Waals surface area contributed by atoms with E-state index in [1.54, 1.807) is 6.92 Å². The third kappa shape index (κ3) is 2.42. The molecule has 1 aliphatic heterocycles. The second-order valence-corrected chi connectivity index (χ2v) is 5.65. The first-order chi connectivity index (χ1) is 9.38. The molecule has 1 amide bonds. The van der Waals surface area contributed by atoms with Crippen molar-refractivity contribution in [3.63, 3.8) is 0 Å². The summed E-state index contributed by atoms with van der Waals surface area (Å²) < 4.78 is 5.09. The summed E-state index contributed by atoms with van der Waals surface area (Å²) in [6.07, 6.45) is 0.305. The summed E-state index contributed by atoms with van der Waals surface area (Å²) in [7, 11) is 0. The second kappa shape index (κ2) is 5.27. The van der Waals surface area contributed by atoms with Crippen molar-refractivity contribution in [1.82, 2.24) is 5.32 Å². The first-order valence-corrected chi connectivity index (χ1v) is 6.92. The molecule has 4 heteroatoms. The molecule has 4 nitrogen and oxygen atoms in total. The van der Waals surface area contributed by atoms with Gasteiger partial charge in [-0.15, -0.1) is 0 Å². The fourth-order valence-electron chi connectivity index (χ4n) is 2.72. The minimum Gasteiger partial charge on any atom is -0.464 e. The number of carbonyl (C=O) groups is 2. The van der Waals surface area contributed by atoms with Gasteiger partial charge in [-0.05, 0) is 37.5 Å². The Labute approximate surface area is 119 Å². The first kappa shape index (κ1) is 14.6. The van der Waals surface area contributed by atoms with Crippen molar-refractivity contribution in [1.29, 1.82) is 0 Å². The fraction of sp³-hybridized carbons (Fsp3) is 0.500. The maximum absolute atomic E-state index is 12.1. The van der Waals surface area contributed by atoms with Crippen LogP contribution in [0.5, 0.6) is 0 Å². The van der Waals surface area contributed by atoms with Crippen molar-refractivity contribution < 1.29 is 14.3 Å². The minimum absolute atomic E-state index is 0.108. The Balaban J connectivity index is 2.41. The number of hydrogen-bond acceptors (Lipinski definition) is 3. The molecule has 1 heterocycles. The summed E-state index contributed by atoms with van der Waals surface area (Å²) in [4.78, 5) is 23.9. The second-order valence-electron chi connectivity index (χ2n) is 5.65. The lowest BCUT2D eigenvalue weighted by molar-refractivity contribution is -0.147. The molecule has 0 aliphatic carbocycles. The zero-order valence-electron chi connectivity index (χ0n) is 12.4. The Kier molecular flexibility index (Phi) is 3.84. The summed E-state index contributed by atoms with van der Waals surface area (Å²) in [5.74, 6) is -0.470. The van der Waals surface area contributed by atoms with Crippen molar-refractivity contribution >= 4 is 11.9 Å². The number of hydrogen-bond donors (Lipinski definition) is 1. The zero-order valence-corrected chi connectivity index (χ0v) is 12.4. The van der Waals surface area contributed by atoms with Gasteiger partial charge < -0.3 is 10.1 Å². The summed E-state index contributed by atoms with van der Waals surface area (Å²) in [6, 6.07) is 5.47. The number of ether oxygens (including phenoxy) is 1. The van der Waals surface area contributed by atoms with Crippen LogP contribution in [0.3, 0.4) is 0 Å². The average Bonchev–Trinajstić information content (AvgIpc) is 2.69. The van der Waals surface area contributed by atoms with Crippen LogP contribution in [0.15, 0.2) is 18.2 Å². The first-order valence-electron chi connectivity index (χ1n) is 6.92. The minimum atomic E-state index is -0.614. The molecule has 20 heavy (non-hydrogen) atoms. The summed E-state index contributed by atoms with van der Waals surface area (Å²) in [6.45, 7) is 8.10. The van der Waals surface area contributed by atoms with Gasteiger partial charge in [-0.1, -0.05) is 25.1 Å². The predicted molar refractivity (Wildman–Crippen MR) is 76.4 cm³/mol. The van der Waals surface area contributed by atoms with E-state index < -0.39 is 11.5 Å². The zero-order chi connectivity index (χ0) is 14.9. The standard InChI is InChI=1S/C16H21NO3/c1-5-20-15(19)14-16(4,9-13(18)17-14)12-7-6-10(2)11(3)8-12/h6-8,14H,5,9H2,1-4H3,(H,17,18). The molecule has 0 radical (unpaired) electrons. The lowest BCUT2D eigenvalue weighted by atomic mass is 9.75. The van der Waals surface area contributed by atoms with Crippen molar-refractivity contribution in [2.75, 3.05) is 6.61 Å². The molecule has 1 saturated heterocycles. The van der Waals surface area contributed by atoms with Gasteiger partial charge in [-0.2, -0.15) is 0 Å². The molecule has 1 fully saturated rings. The highest BCUT2D eigenvalue weighted by Crippen LogP contribution is 2.37. The molecule has 2 atom stereocenters. The maximum atomic E-state index is 12.1. The van der Waals surface area contributed by atoms with Crippen LogP contribution in [0, 0.1) is 13.8 Å². The smallest absolute Gasteiger partial charge is 0.329 e. The van der Waals surface area contributed by atoms with Crippen LogP contribution >= 0.6 is 0 Å². The van der Waals surface area contributed by atoms with Gasteiger partial charge in [0.2, 0.25) is 5.91 Å². The monoisotopic (exact) mass is 275 g/mol. The molecule has 2 rings (SSSR count). The molecule has 2 unspecified atom stereocenters. The van der Waals surface area contributed by atoms with E-state index in [9.17, 15) is 9.59 Å². The topological polar surface area (TPSA) is 55.4 Å². The number of aryl methyl sites for hydroxylation is 2. The van der Waals surface area contributed by atoms with Gasteiger partial charge in [-0.3, -0.25) is 4.79 Å². The normalized spacial score (nSPS) is 25.4.